The van der Waals surface area contributed by atoms with Crippen LogP contribution < -0.4 is 5.32 Å². The Hall–Kier alpha value is -2.08. The molecule has 0 aliphatic rings. The Morgan fingerprint density at radius 3 is 2.70 bits per heavy atom. The summed E-state index contributed by atoms with van der Waals surface area (Å²) in [4.78, 5) is 15.9. The van der Waals surface area contributed by atoms with E-state index in [9.17, 15) is 9.90 Å². The Morgan fingerprint density at radius 2 is 2.05 bits per heavy atom. The van der Waals surface area contributed by atoms with Crippen molar-refractivity contribution in [3.63, 3.8) is 0 Å². The number of aromatic nitrogens is 1. The van der Waals surface area contributed by atoms with Gasteiger partial charge >= 0.3 is 6.09 Å². The molecular formula is C14H16N2O3S. The highest BCUT2D eigenvalue weighted by atomic mass is 32.1. The van der Waals surface area contributed by atoms with E-state index in [0.29, 0.717) is 16.4 Å². The van der Waals surface area contributed by atoms with E-state index in [1.165, 1.54) is 11.3 Å². The van der Waals surface area contributed by atoms with Gasteiger partial charge in [-0.25, -0.2) is 9.78 Å². The third-order valence-electron chi connectivity index (χ3n) is 2.29. The maximum atomic E-state index is 11.6. The molecule has 6 heteroatoms. The van der Waals surface area contributed by atoms with Gasteiger partial charge in [-0.2, -0.15) is 0 Å². The molecule has 2 aromatic rings. The first kappa shape index (κ1) is 14.3. The van der Waals surface area contributed by atoms with E-state index in [4.69, 9.17) is 4.74 Å². The van der Waals surface area contributed by atoms with E-state index in [0.717, 1.165) is 0 Å². The van der Waals surface area contributed by atoms with Crippen molar-refractivity contribution in [3.05, 3.63) is 29.6 Å². The summed E-state index contributed by atoms with van der Waals surface area (Å²) < 4.78 is 5.15. The van der Waals surface area contributed by atoms with E-state index in [1.54, 1.807) is 44.4 Å². The average molecular weight is 292 g/mol. The highest BCUT2D eigenvalue weighted by molar-refractivity contribution is 7.14. The number of carbonyl (C=O) groups excluding carboxylic acids is 1. The molecule has 1 aromatic carbocycles. The Kier molecular flexibility index (Phi) is 3.94. The van der Waals surface area contributed by atoms with E-state index < -0.39 is 11.7 Å². The first-order valence-corrected chi connectivity index (χ1v) is 6.97. The molecule has 0 bridgehead atoms. The van der Waals surface area contributed by atoms with Crippen molar-refractivity contribution in [1.29, 1.82) is 0 Å². The third kappa shape index (κ3) is 3.71. The van der Waals surface area contributed by atoms with Crippen LogP contribution in [0.15, 0.2) is 29.6 Å². The third-order valence-corrected chi connectivity index (χ3v) is 3.05. The number of amides is 1. The molecule has 1 aromatic heterocycles. The lowest BCUT2D eigenvalue weighted by atomic mass is 10.1. The Labute approximate surface area is 121 Å². The zero-order chi connectivity index (χ0) is 14.8. The van der Waals surface area contributed by atoms with Gasteiger partial charge in [0.1, 0.15) is 11.4 Å². The number of rotatable bonds is 2. The first-order valence-electron chi connectivity index (χ1n) is 6.09. The number of benzene rings is 1. The second-order valence-corrected chi connectivity index (χ2v) is 6.04. The fourth-order valence-electron chi connectivity index (χ4n) is 1.54. The minimum absolute atomic E-state index is 0.154. The van der Waals surface area contributed by atoms with Gasteiger partial charge in [-0.3, -0.25) is 5.32 Å². The number of para-hydroxylation sites is 1. The van der Waals surface area contributed by atoms with E-state index in [2.05, 4.69) is 10.3 Å². The van der Waals surface area contributed by atoms with Gasteiger partial charge in [0.2, 0.25) is 0 Å². The standard InChI is InChI=1S/C14H16N2O3S/c1-14(2,3)19-13(18)16-12-15-10(8-20-12)9-6-4-5-7-11(9)17/h4-8,17H,1-3H3,(H,15,16,18). The predicted molar refractivity (Wildman–Crippen MR) is 79.1 cm³/mol. The van der Waals surface area contributed by atoms with E-state index >= 15 is 0 Å². The molecule has 106 valence electrons. The molecule has 0 aliphatic heterocycles. The molecule has 0 saturated carbocycles. The van der Waals surface area contributed by atoms with Gasteiger partial charge in [-0.05, 0) is 32.9 Å². The maximum Gasteiger partial charge on any atom is 0.413 e. The Balaban J connectivity index is 2.10. The summed E-state index contributed by atoms with van der Waals surface area (Å²) in [7, 11) is 0. The van der Waals surface area contributed by atoms with E-state index in [-0.39, 0.29) is 5.75 Å². The van der Waals surface area contributed by atoms with Gasteiger partial charge < -0.3 is 9.84 Å². The SMILES string of the molecule is CC(C)(C)OC(=O)Nc1nc(-c2ccccc2O)cs1. The van der Waals surface area contributed by atoms with Crippen molar-refractivity contribution in [2.24, 2.45) is 0 Å². The predicted octanol–water partition coefficient (Wildman–Crippen LogP) is 3.86. The molecule has 1 heterocycles. The molecular weight excluding hydrogens is 276 g/mol. The molecule has 20 heavy (non-hydrogen) atoms. The number of anilines is 1. The highest BCUT2D eigenvalue weighted by Crippen LogP contribution is 2.31. The van der Waals surface area contributed by atoms with Crippen LogP contribution in [0.4, 0.5) is 9.93 Å². The quantitative estimate of drug-likeness (QED) is 0.881. The molecule has 0 unspecified atom stereocenters. The van der Waals surface area contributed by atoms with Gasteiger partial charge in [0.05, 0.1) is 5.69 Å². The number of ether oxygens (including phenoxy) is 1. The Bertz CT molecular complexity index is 617. The van der Waals surface area contributed by atoms with Crippen LogP contribution >= 0.6 is 11.3 Å². The number of aromatic hydroxyl groups is 1. The van der Waals surface area contributed by atoms with Crippen LogP contribution in [-0.2, 0) is 4.74 Å². The topological polar surface area (TPSA) is 71.5 Å². The lowest BCUT2D eigenvalue weighted by molar-refractivity contribution is 0.0636. The van der Waals surface area contributed by atoms with Crippen molar-refractivity contribution in [3.8, 4) is 17.0 Å². The summed E-state index contributed by atoms with van der Waals surface area (Å²) >= 11 is 1.27. The molecule has 0 aliphatic carbocycles. The van der Waals surface area contributed by atoms with Gasteiger partial charge in [-0.15, -0.1) is 11.3 Å². The summed E-state index contributed by atoms with van der Waals surface area (Å²) in [6.07, 6.45) is -0.546. The van der Waals surface area contributed by atoms with Crippen molar-refractivity contribution in [2.45, 2.75) is 26.4 Å². The van der Waals surface area contributed by atoms with Crippen LogP contribution in [0.1, 0.15) is 20.8 Å². The number of carbonyl (C=O) groups is 1. The number of hydrogen-bond donors (Lipinski definition) is 2. The highest BCUT2D eigenvalue weighted by Gasteiger charge is 2.17. The number of phenolic OH excluding ortho intramolecular Hbond substituents is 1. The van der Waals surface area contributed by atoms with Crippen LogP contribution in [-0.4, -0.2) is 21.8 Å². The molecule has 0 atom stereocenters. The summed E-state index contributed by atoms with van der Waals surface area (Å²) in [5.74, 6) is 0.154. The van der Waals surface area contributed by atoms with Gasteiger partial charge in [0.25, 0.3) is 0 Å². The summed E-state index contributed by atoms with van der Waals surface area (Å²) in [6.45, 7) is 5.38. The number of nitrogens with zero attached hydrogens (tertiary/aromatic N) is 1. The van der Waals surface area contributed by atoms with Crippen molar-refractivity contribution in [2.75, 3.05) is 5.32 Å². The zero-order valence-corrected chi connectivity index (χ0v) is 12.3. The molecule has 0 radical (unpaired) electrons. The average Bonchev–Trinajstić information content (AvgIpc) is 2.75. The monoisotopic (exact) mass is 292 g/mol. The Morgan fingerprint density at radius 1 is 1.35 bits per heavy atom. The van der Waals surface area contributed by atoms with Crippen LogP contribution in [0, 0.1) is 0 Å². The first-order chi connectivity index (χ1) is 9.35. The fraction of sp³-hybridized carbons (Fsp3) is 0.286. The van der Waals surface area contributed by atoms with E-state index in [1.807, 2.05) is 6.07 Å². The number of nitrogens with one attached hydrogen (secondary N) is 1. The second-order valence-electron chi connectivity index (χ2n) is 5.18. The smallest absolute Gasteiger partial charge is 0.413 e. The van der Waals surface area contributed by atoms with Gasteiger partial charge in [0, 0.05) is 10.9 Å². The zero-order valence-electron chi connectivity index (χ0n) is 11.5. The molecule has 0 fully saturated rings. The minimum Gasteiger partial charge on any atom is -0.507 e. The lowest BCUT2D eigenvalue weighted by Crippen LogP contribution is -2.27. The number of thiazole rings is 1. The van der Waals surface area contributed by atoms with Gasteiger partial charge in [-0.1, -0.05) is 12.1 Å². The van der Waals surface area contributed by atoms with Gasteiger partial charge in [0.15, 0.2) is 5.13 Å². The molecule has 2 N–H and O–H groups in total. The van der Waals surface area contributed by atoms with Crippen molar-refractivity contribution >= 4 is 22.6 Å². The second kappa shape index (κ2) is 5.50. The summed E-state index contributed by atoms with van der Waals surface area (Å²) in [6, 6.07) is 6.91. The number of hydrogen-bond acceptors (Lipinski definition) is 5. The summed E-state index contributed by atoms with van der Waals surface area (Å²) in [5, 5.41) is 14.5. The summed E-state index contributed by atoms with van der Waals surface area (Å²) in [5.41, 5.74) is 0.683. The lowest BCUT2D eigenvalue weighted by Gasteiger charge is -2.18. The largest absolute Gasteiger partial charge is 0.507 e. The fourth-order valence-corrected chi connectivity index (χ4v) is 2.23. The maximum absolute atomic E-state index is 11.6. The van der Waals surface area contributed by atoms with Crippen molar-refractivity contribution in [1.82, 2.24) is 4.98 Å². The normalized spacial score (nSPS) is 11.2. The molecule has 0 spiro atoms. The molecule has 0 saturated heterocycles. The minimum atomic E-state index is -0.554. The molecule has 1 amide bonds. The van der Waals surface area contributed by atoms with Crippen LogP contribution in [0.2, 0.25) is 0 Å². The number of phenols is 1. The van der Waals surface area contributed by atoms with Crippen molar-refractivity contribution < 1.29 is 14.6 Å². The molecule has 2 rings (SSSR count). The molecule has 5 nitrogen and oxygen atoms in total. The van der Waals surface area contributed by atoms with Crippen LogP contribution in [0.25, 0.3) is 11.3 Å². The van der Waals surface area contributed by atoms with Crippen LogP contribution in [0.5, 0.6) is 5.75 Å². The van der Waals surface area contributed by atoms with Crippen LogP contribution in [0.3, 0.4) is 0 Å².